The number of halogens is 3. The minimum absolute atomic E-state index is 0.0247. The van der Waals surface area contributed by atoms with Crippen LogP contribution in [0.2, 0.25) is 5.15 Å². The Morgan fingerprint density at radius 2 is 2.05 bits per heavy atom. The van der Waals surface area contributed by atoms with E-state index in [1.165, 1.54) is 18.2 Å². The van der Waals surface area contributed by atoms with Crippen molar-refractivity contribution in [1.82, 2.24) is 4.98 Å². The fraction of sp³-hybridized carbons (Fsp3) is 0. The molecular formula is C12H6ClF2N3O3. The Hall–Kier alpha value is -2.61. The number of benzene rings is 1. The van der Waals surface area contributed by atoms with Crippen LogP contribution < -0.4 is 5.32 Å². The summed E-state index contributed by atoms with van der Waals surface area (Å²) in [6.45, 7) is 0. The summed E-state index contributed by atoms with van der Waals surface area (Å²) < 4.78 is 26.6. The molecule has 1 amide bonds. The number of nitro groups is 1. The van der Waals surface area contributed by atoms with Crippen molar-refractivity contribution < 1.29 is 18.5 Å². The fourth-order valence-electron chi connectivity index (χ4n) is 1.54. The van der Waals surface area contributed by atoms with Crippen LogP contribution in [0.25, 0.3) is 0 Å². The third-order valence-electron chi connectivity index (χ3n) is 2.42. The molecule has 0 unspecified atom stereocenters. The molecule has 0 aliphatic carbocycles. The minimum atomic E-state index is -1.27. The average molecular weight is 314 g/mol. The lowest BCUT2D eigenvalue weighted by atomic mass is 10.2. The van der Waals surface area contributed by atoms with Gasteiger partial charge in [0.2, 0.25) is 0 Å². The Balaban J connectivity index is 2.39. The van der Waals surface area contributed by atoms with Crippen LogP contribution in [-0.4, -0.2) is 15.8 Å². The predicted molar refractivity (Wildman–Crippen MR) is 70.2 cm³/mol. The highest BCUT2D eigenvalue weighted by Crippen LogP contribution is 2.29. The minimum Gasteiger partial charge on any atom is -0.312 e. The van der Waals surface area contributed by atoms with E-state index in [2.05, 4.69) is 4.98 Å². The van der Waals surface area contributed by atoms with Gasteiger partial charge in [0.25, 0.3) is 11.6 Å². The molecule has 0 aliphatic heterocycles. The number of carbonyl (C=O) groups is 1. The number of rotatable bonds is 3. The molecule has 1 N–H and O–H groups in total. The topological polar surface area (TPSA) is 85.1 Å². The molecule has 0 spiro atoms. The van der Waals surface area contributed by atoms with E-state index in [4.69, 9.17) is 11.6 Å². The van der Waals surface area contributed by atoms with E-state index in [-0.39, 0.29) is 10.8 Å². The normalized spacial score (nSPS) is 10.2. The van der Waals surface area contributed by atoms with E-state index in [1.54, 1.807) is 0 Å². The van der Waals surface area contributed by atoms with Crippen LogP contribution in [0.5, 0.6) is 0 Å². The number of nitrogens with one attached hydrogen (secondary N) is 1. The number of anilines is 1. The highest BCUT2D eigenvalue weighted by atomic mass is 35.5. The number of pyridine rings is 1. The summed E-state index contributed by atoms with van der Waals surface area (Å²) in [5.41, 5.74) is -1.81. The maximum atomic E-state index is 13.6. The molecule has 9 heteroatoms. The summed E-state index contributed by atoms with van der Waals surface area (Å²) in [7, 11) is 0. The first-order chi connectivity index (χ1) is 9.88. The zero-order chi connectivity index (χ0) is 15.6. The Labute approximate surface area is 121 Å². The summed E-state index contributed by atoms with van der Waals surface area (Å²) in [6, 6.07) is 5.06. The van der Waals surface area contributed by atoms with Gasteiger partial charge < -0.3 is 5.32 Å². The monoisotopic (exact) mass is 313 g/mol. The molecule has 0 atom stereocenters. The molecule has 108 valence electrons. The number of amides is 1. The SMILES string of the molecule is O=C(Nc1c(F)cc(F)cc1[N+](=O)[O-])c1cccc(Cl)n1. The summed E-state index contributed by atoms with van der Waals surface area (Å²) in [6.07, 6.45) is 0. The number of nitrogens with zero attached hydrogens (tertiary/aromatic N) is 2. The highest BCUT2D eigenvalue weighted by molar-refractivity contribution is 6.29. The first kappa shape index (κ1) is 14.8. The maximum Gasteiger partial charge on any atom is 0.298 e. The van der Waals surface area contributed by atoms with Crippen LogP contribution in [0, 0.1) is 21.7 Å². The number of nitro benzene ring substituents is 1. The van der Waals surface area contributed by atoms with Crippen LogP contribution >= 0.6 is 11.6 Å². The van der Waals surface area contributed by atoms with Gasteiger partial charge in [0, 0.05) is 6.07 Å². The lowest BCUT2D eigenvalue weighted by Crippen LogP contribution is -2.16. The third kappa shape index (κ3) is 3.29. The summed E-state index contributed by atoms with van der Waals surface area (Å²) in [5.74, 6) is -3.30. The van der Waals surface area contributed by atoms with Gasteiger partial charge in [0.1, 0.15) is 16.7 Å². The van der Waals surface area contributed by atoms with Crippen molar-refractivity contribution in [2.75, 3.05) is 5.32 Å². The molecule has 0 saturated heterocycles. The van der Waals surface area contributed by atoms with Crippen LogP contribution in [-0.2, 0) is 0 Å². The molecule has 21 heavy (non-hydrogen) atoms. The molecule has 0 saturated carbocycles. The molecule has 2 rings (SSSR count). The Bertz CT molecular complexity index is 740. The van der Waals surface area contributed by atoms with Crippen molar-refractivity contribution in [2.45, 2.75) is 0 Å². The zero-order valence-electron chi connectivity index (χ0n) is 10.1. The standard InChI is InChI=1S/C12H6ClF2N3O3/c13-10-3-1-2-8(16-10)12(19)17-11-7(15)4-6(14)5-9(11)18(20)21/h1-5H,(H,17,19). The third-order valence-corrected chi connectivity index (χ3v) is 2.63. The van der Waals surface area contributed by atoms with E-state index < -0.39 is 33.8 Å². The number of hydrogen-bond donors (Lipinski definition) is 1. The maximum absolute atomic E-state index is 13.6. The van der Waals surface area contributed by atoms with Crippen molar-refractivity contribution in [1.29, 1.82) is 0 Å². The first-order valence-corrected chi connectivity index (χ1v) is 5.83. The smallest absolute Gasteiger partial charge is 0.298 e. The quantitative estimate of drug-likeness (QED) is 0.536. The van der Waals surface area contributed by atoms with Crippen molar-refractivity contribution in [3.63, 3.8) is 0 Å². The Morgan fingerprint density at radius 1 is 1.33 bits per heavy atom. The second-order valence-corrected chi connectivity index (χ2v) is 4.23. The molecule has 0 radical (unpaired) electrons. The Kier molecular flexibility index (Phi) is 4.08. The molecule has 1 heterocycles. The molecule has 1 aromatic heterocycles. The predicted octanol–water partition coefficient (Wildman–Crippen LogP) is 3.17. The van der Waals surface area contributed by atoms with Gasteiger partial charge >= 0.3 is 0 Å². The van der Waals surface area contributed by atoms with Crippen molar-refractivity contribution in [3.8, 4) is 0 Å². The van der Waals surface area contributed by atoms with Gasteiger partial charge in [0.05, 0.1) is 11.0 Å². The van der Waals surface area contributed by atoms with Crippen molar-refractivity contribution in [3.05, 3.63) is 62.9 Å². The molecule has 6 nitrogen and oxygen atoms in total. The molecular weight excluding hydrogens is 308 g/mol. The van der Waals surface area contributed by atoms with E-state index in [9.17, 15) is 23.7 Å². The zero-order valence-corrected chi connectivity index (χ0v) is 10.9. The van der Waals surface area contributed by atoms with Gasteiger partial charge in [0.15, 0.2) is 11.5 Å². The van der Waals surface area contributed by atoms with Gasteiger partial charge in [-0.05, 0) is 12.1 Å². The highest BCUT2D eigenvalue weighted by Gasteiger charge is 2.23. The van der Waals surface area contributed by atoms with Gasteiger partial charge in [-0.25, -0.2) is 13.8 Å². The van der Waals surface area contributed by atoms with E-state index in [0.29, 0.717) is 12.1 Å². The van der Waals surface area contributed by atoms with E-state index in [0.717, 1.165) is 0 Å². The van der Waals surface area contributed by atoms with Crippen LogP contribution in [0.4, 0.5) is 20.2 Å². The number of hydrogen-bond acceptors (Lipinski definition) is 4. The summed E-state index contributed by atoms with van der Waals surface area (Å²) in [5, 5.41) is 12.8. The van der Waals surface area contributed by atoms with Gasteiger partial charge in [-0.2, -0.15) is 0 Å². The largest absolute Gasteiger partial charge is 0.312 e. The number of aromatic nitrogens is 1. The lowest BCUT2D eigenvalue weighted by molar-refractivity contribution is -0.384. The van der Waals surface area contributed by atoms with Gasteiger partial charge in [-0.15, -0.1) is 0 Å². The average Bonchev–Trinajstić information content (AvgIpc) is 2.41. The fourth-order valence-corrected chi connectivity index (χ4v) is 1.70. The summed E-state index contributed by atoms with van der Waals surface area (Å²) in [4.78, 5) is 25.3. The van der Waals surface area contributed by atoms with Gasteiger partial charge in [-0.3, -0.25) is 14.9 Å². The molecule has 0 bridgehead atoms. The summed E-state index contributed by atoms with van der Waals surface area (Å²) >= 11 is 5.60. The second-order valence-electron chi connectivity index (χ2n) is 3.84. The molecule has 0 fully saturated rings. The van der Waals surface area contributed by atoms with Gasteiger partial charge in [-0.1, -0.05) is 17.7 Å². The van der Waals surface area contributed by atoms with Crippen LogP contribution in [0.3, 0.4) is 0 Å². The second kappa shape index (κ2) is 5.80. The van der Waals surface area contributed by atoms with Crippen LogP contribution in [0.15, 0.2) is 30.3 Å². The molecule has 0 aliphatic rings. The number of carbonyl (C=O) groups excluding carboxylic acids is 1. The van der Waals surface area contributed by atoms with Crippen LogP contribution in [0.1, 0.15) is 10.5 Å². The molecule has 1 aromatic carbocycles. The lowest BCUT2D eigenvalue weighted by Gasteiger charge is -2.07. The van der Waals surface area contributed by atoms with E-state index >= 15 is 0 Å². The first-order valence-electron chi connectivity index (χ1n) is 5.46. The van der Waals surface area contributed by atoms with Crippen molar-refractivity contribution >= 4 is 28.9 Å². The van der Waals surface area contributed by atoms with Crippen molar-refractivity contribution in [2.24, 2.45) is 0 Å². The Morgan fingerprint density at radius 3 is 2.67 bits per heavy atom. The molecule has 2 aromatic rings. The van der Waals surface area contributed by atoms with E-state index in [1.807, 2.05) is 5.32 Å².